The quantitative estimate of drug-likeness (QED) is 0.674. The smallest absolute Gasteiger partial charge is 0.272 e. The molecule has 146 valence electrons. The van der Waals surface area contributed by atoms with Gasteiger partial charge in [-0.2, -0.15) is 0 Å². The Morgan fingerprint density at radius 3 is 2.64 bits per heavy atom. The number of carbonyl (C=O) groups is 1. The number of imidazole rings is 1. The van der Waals surface area contributed by atoms with Crippen LogP contribution in [0.4, 0.5) is 5.69 Å². The molecule has 1 aliphatic rings. The predicted octanol–water partition coefficient (Wildman–Crippen LogP) is 3.52. The lowest BCUT2D eigenvalue weighted by molar-refractivity contribution is 0.0738. The summed E-state index contributed by atoms with van der Waals surface area (Å²) in [5, 5.41) is 0.725. The molecule has 0 spiro atoms. The minimum absolute atomic E-state index is 0.0170. The molecule has 1 fully saturated rings. The van der Waals surface area contributed by atoms with Crippen LogP contribution in [0.15, 0.2) is 42.6 Å². The first-order valence-electron chi connectivity index (χ1n) is 9.46. The summed E-state index contributed by atoms with van der Waals surface area (Å²) < 4.78 is 7.26. The van der Waals surface area contributed by atoms with E-state index in [1.165, 1.54) is 0 Å². The van der Waals surface area contributed by atoms with Crippen molar-refractivity contribution < 1.29 is 9.53 Å². The van der Waals surface area contributed by atoms with Crippen molar-refractivity contribution in [3.05, 3.63) is 59.0 Å². The highest BCUT2D eigenvalue weighted by Crippen LogP contribution is 2.25. The molecular weight excluding hydrogens is 376 g/mol. The zero-order valence-corrected chi connectivity index (χ0v) is 16.8. The summed E-state index contributed by atoms with van der Waals surface area (Å²) in [5.74, 6) is 0.686. The first-order chi connectivity index (χ1) is 13.6. The fourth-order valence-corrected chi connectivity index (χ4v) is 3.90. The number of anilines is 1. The Labute approximate surface area is 169 Å². The summed E-state index contributed by atoms with van der Waals surface area (Å²) in [4.78, 5) is 22.2. The Morgan fingerprint density at radius 2 is 1.96 bits per heavy atom. The van der Waals surface area contributed by atoms with E-state index in [-0.39, 0.29) is 5.91 Å². The standard InChI is InChI=1S/C21H23ClN4O2/c1-3-17-19(26-9-5-8-18(28-2)20(26)23-17)21(27)25-12-10-24(11-13-25)16-7-4-6-15(22)14-16/h4-9,14H,3,10-13H2,1-2H3. The van der Waals surface area contributed by atoms with E-state index in [2.05, 4.69) is 16.0 Å². The lowest BCUT2D eigenvalue weighted by Crippen LogP contribution is -2.49. The third kappa shape index (κ3) is 3.29. The number of piperazine rings is 1. The van der Waals surface area contributed by atoms with E-state index in [0.29, 0.717) is 36.6 Å². The number of amides is 1. The highest BCUT2D eigenvalue weighted by Gasteiger charge is 2.27. The Hall–Kier alpha value is -2.73. The highest BCUT2D eigenvalue weighted by molar-refractivity contribution is 6.30. The van der Waals surface area contributed by atoms with Gasteiger partial charge >= 0.3 is 0 Å². The Kier molecular flexibility index (Phi) is 5.13. The largest absolute Gasteiger partial charge is 0.493 e. The fraction of sp³-hybridized carbons (Fsp3) is 0.333. The van der Waals surface area contributed by atoms with Crippen LogP contribution >= 0.6 is 11.6 Å². The molecule has 1 aliphatic heterocycles. The van der Waals surface area contributed by atoms with Crippen LogP contribution in [0.1, 0.15) is 23.1 Å². The number of nitrogens with zero attached hydrogens (tertiary/aromatic N) is 4. The fourth-order valence-electron chi connectivity index (χ4n) is 3.71. The van der Waals surface area contributed by atoms with Crippen LogP contribution in [-0.2, 0) is 6.42 Å². The van der Waals surface area contributed by atoms with E-state index in [1.807, 2.05) is 52.8 Å². The number of carbonyl (C=O) groups excluding carboxylic acids is 1. The molecular formula is C21H23ClN4O2. The molecule has 2 aromatic heterocycles. The zero-order chi connectivity index (χ0) is 19.7. The van der Waals surface area contributed by atoms with E-state index < -0.39 is 0 Å². The number of fused-ring (bicyclic) bond motifs is 1. The van der Waals surface area contributed by atoms with E-state index in [1.54, 1.807) is 7.11 Å². The number of aromatic nitrogens is 2. The van der Waals surface area contributed by atoms with E-state index >= 15 is 0 Å². The van der Waals surface area contributed by atoms with Gasteiger partial charge in [0, 0.05) is 43.1 Å². The number of ether oxygens (including phenoxy) is 1. The van der Waals surface area contributed by atoms with Gasteiger partial charge in [0.2, 0.25) is 0 Å². The van der Waals surface area contributed by atoms with Gasteiger partial charge < -0.3 is 14.5 Å². The van der Waals surface area contributed by atoms with Gasteiger partial charge in [-0.1, -0.05) is 24.6 Å². The summed E-state index contributed by atoms with van der Waals surface area (Å²) in [6.45, 7) is 4.88. The first-order valence-corrected chi connectivity index (χ1v) is 9.84. The number of rotatable bonds is 4. The Balaban J connectivity index is 1.57. The number of benzene rings is 1. The van der Waals surface area contributed by atoms with Crippen molar-refractivity contribution in [2.24, 2.45) is 0 Å². The van der Waals surface area contributed by atoms with Crippen molar-refractivity contribution in [3.63, 3.8) is 0 Å². The minimum atomic E-state index is 0.0170. The van der Waals surface area contributed by atoms with Crippen molar-refractivity contribution in [2.45, 2.75) is 13.3 Å². The SMILES string of the molecule is CCc1nc2c(OC)cccn2c1C(=O)N1CCN(c2cccc(Cl)c2)CC1. The van der Waals surface area contributed by atoms with Gasteiger partial charge in [0.05, 0.1) is 12.8 Å². The van der Waals surface area contributed by atoms with E-state index in [4.69, 9.17) is 16.3 Å². The lowest BCUT2D eigenvalue weighted by atomic mass is 10.2. The highest BCUT2D eigenvalue weighted by atomic mass is 35.5. The van der Waals surface area contributed by atoms with Crippen LogP contribution in [-0.4, -0.2) is 53.5 Å². The zero-order valence-electron chi connectivity index (χ0n) is 16.1. The van der Waals surface area contributed by atoms with Gasteiger partial charge in [-0.3, -0.25) is 9.20 Å². The lowest BCUT2D eigenvalue weighted by Gasteiger charge is -2.36. The van der Waals surface area contributed by atoms with Gasteiger partial charge in [0.1, 0.15) is 5.69 Å². The van der Waals surface area contributed by atoms with Crippen molar-refractivity contribution in [1.82, 2.24) is 14.3 Å². The molecule has 0 unspecified atom stereocenters. The van der Waals surface area contributed by atoms with Crippen LogP contribution in [0.2, 0.25) is 5.02 Å². The van der Waals surface area contributed by atoms with Gasteiger partial charge in [-0.05, 0) is 36.8 Å². The molecule has 0 radical (unpaired) electrons. The van der Waals surface area contributed by atoms with Crippen LogP contribution in [0.3, 0.4) is 0 Å². The summed E-state index contributed by atoms with van der Waals surface area (Å²) in [6.07, 6.45) is 2.56. The molecule has 4 rings (SSSR count). The maximum atomic E-state index is 13.3. The molecule has 1 saturated heterocycles. The number of halogens is 1. The first kappa shape index (κ1) is 18.6. The van der Waals surface area contributed by atoms with Crippen molar-refractivity contribution >= 4 is 28.8 Å². The molecule has 0 N–H and O–H groups in total. The van der Waals surface area contributed by atoms with Crippen molar-refractivity contribution in [2.75, 3.05) is 38.2 Å². The molecule has 1 aromatic carbocycles. The molecule has 1 amide bonds. The number of pyridine rings is 1. The molecule has 0 bridgehead atoms. The normalized spacial score (nSPS) is 14.5. The Morgan fingerprint density at radius 1 is 1.18 bits per heavy atom. The van der Waals surface area contributed by atoms with Gasteiger partial charge in [0.15, 0.2) is 11.4 Å². The summed E-state index contributed by atoms with van der Waals surface area (Å²) in [5.41, 5.74) is 3.20. The number of hydrogen-bond donors (Lipinski definition) is 0. The maximum Gasteiger partial charge on any atom is 0.272 e. The molecule has 0 aliphatic carbocycles. The van der Waals surface area contributed by atoms with Crippen molar-refractivity contribution in [3.8, 4) is 5.75 Å². The topological polar surface area (TPSA) is 50.1 Å². The summed E-state index contributed by atoms with van der Waals surface area (Å²) in [7, 11) is 1.62. The third-order valence-corrected chi connectivity index (χ3v) is 5.42. The Bertz CT molecular complexity index is 1010. The monoisotopic (exact) mass is 398 g/mol. The van der Waals surface area contributed by atoms with Crippen LogP contribution in [0.5, 0.6) is 5.75 Å². The van der Waals surface area contributed by atoms with Crippen LogP contribution < -0.4 is 9.64 Å². The number of methoxy groups -OCH3 is 1. The molecule has 3 heterocycles. The third-order valence-electron chi connectivity index (χ3n) is 5.18. The van der Waals surface area contributed by atoms with Crippen molar-refractivity contribution in [1.29, 1.82) is 0 Å². The van der Waals surface area contributed by atoms with E-state index in [0.717, 1.165) is 29.5 Å². The van der Waals surface area contributed by atoms with E-state index in [9.17, 15) is 4.79 Å². The minimum Gasteiger partial charge on any atom is -0.493 e. The molecule has 6 nitrogen and oxygen atoms in total. The summed E-state index contributed by atoms with van der Waals surface area (Å²) >= 11 is 6.11. The number of hydrogen-bond acceptors (Lipinski definition) is 4. The average molecular weight is 399 g/mol. The van der Waals surface area contributed by atoms with Crippen LogP contribution in [0, 0.1) is 0 Å². The van der Waals surface area contributed by atoms with Gasteiger partial charge in [-0.15, -0.1) is 0 Å². The van der Waals surface area contributed by atoms with Crippen LogP contribution in [0.25, 0.3) is 5.65 Å². The maximum absolute atomic E-state index is 13.3. The molecule has 3 aromatic rings. The molecule has 0 saturated carbocycles. The van der Waals surface area contributed by atoms with Gasteiger partial charge in [0.25, 0.3) is 5.91 Å². The average Bonchev–Trinajstić information content (AvgIpc) is 3.12. The molecule has 0 atom stereocenters. The molecule has 7 heteroatoms. The second-order valence-electron chi connectivity index (χ2n) is 6.79. The second-order valence-corrected chi connectivity index (χ2v) is 7.23. The second kappa shape index (κ2) is 7.72. The summed E-state index contributed by atoms with van der Waals surface area (Å²) in [6, 6.07) is 11.6. The number of aryl methyl sites for hydroxylation is 1. The van der Waals surface area contributed by atoms with Gasteiger partial charge in [-0.25, -0.2) is 4.98 Å². The predicted molar refractivity (Wildman–Crippen MR) is 111 cm³/mol. The molecule has 28 heavy (non-hydrogen) atoms.